The van der Waals surface area contributed by atoms with Gasteiger partial charge >= 0.3 is 17.8 Å². The number of nitrogens with two attached hydrogens (primary N) is 1. The molecule has 12 nitrogen and oxygen atoms in total. The highest BCUT2D eigenvalue weighted by Crippen LogP contribution is 2.42. The van der Waals surface area contributed by atoms with Gasteiger partial charge in [-0.1, -0.05) is 30.3 Å². The van der Waals surface area contributed by atoms with Crippen molar-refractivity contribution in [2.75, 3.05) is 18.9 Å². The summed E-state index contributed by atoms with van der Waals surface area (Å²) in [6, 6.07) is 17.4. The van der Waals surface area contributed by atoms with Crippen LogP contribution in [0.1, 0.15) is 53.0 Å². The average Bonchev–Trinajstić information content (AvgIpc) is 3.66. The molecule has 16 heteroatoms. The number of rotatable bonds is 13. The Morgan fingerprint density at radius 3 is 2.17 bits per heavy atom. The molecular weight excluding hydrogens is 698 g/mol. The van der Waals surface area contributed by atoms with Crippen LogP contribution in [0.25, 0.3) is 22.5 Å². The number of aliphatic carboxylic acids is 1. The zero-order valence-corrected chi connectivity index (χ0v) is 28.9. The van der Waals surface area contributed by atoms with E-state index in [1.807, 2.05) is 42.2 Å². The topological polar surface area (TPSA) is 192 Å². The summed E-state index contributed by atoms with van der Waals surface area (Å²) in [6.45, 7) is 2.49. The number of carbonyl (C=O) groups excluding carboxylic acids is 3. The molecule has 0 aliphatic heterocycles. The van der Waals surface area contributed by atoms with Gasteiger partial charge in [-0.15, -0.1) is 10.2 Å². The number of nitrogens with zero attached hydrogens (tertiary/aromatic N) is 2. The zero-order chi connectivity index (χ0) is 38.5. The first-order chi connectivity index (χ1) is 25.1. The number of carboxylic acid groups (broad SMARTS) is 1. The number of carboxylic acids is 1. The second kappa shape index (κ2) is 15.9. The number of hydrogen-bond donors (Lipinski definition) is 6. The molecule has 1 heterocycles. The van der Waals surface area contributed by atoms with Crippen LogP contribution in [-0.2, 0) is 26.7 Å². The van der Waals surface area contributed by atoms with Gasteiger partial charge in [-0.05, 0) is 104 Å². The first-order valence-corrected chi connectivity index (χ1v) is 16.9. The fourth-order valence-corrected chi connectivity index (χ4v) is 6.19. The molecule has 3 amide bonds. The van der Waals surface area contributed by atoms with Crippen molar-refractivity contribution >= 4 is 29.4 Å². The average molecular weight is 738 g/mol. The maximum Gasteiger partial charge on any atom is 0.411 e. The van der Waals surface area contributed by atoms with Crippen LogP contribution in [0, 0.1) is 18.8 Å². The first kappa shape index (κ1) is 38.6. The minimum absolute atomic E-state index is 0.130. The van der Waals surface area contributed by atoms with E-state index in [-0.39, 0.29) is 41.2 Å². The van der Waals surface area contributed by atoms with E-state index >= 15 is 0 Å². The van der Waals surface area contributed by atoms with Gasteiger partial charge in [-0.3, -0.25) is 14.4 Å². The summed E-state index contributed by atoms with van der Waals surface area (Å²) in [4.78, 5) is 52.0. The number of halogens is 4. The molecule has 3 aromatic carbocycles. The third-order valence-electron chi connectivity index (χ3n) is 9.49. The Balaban J connectivity index is 1.33. The molecule has 0 bridgehead atoms. The van der Waals surface area contributed by atoms with Gasteiger partial charge in [0, 0.05) is 36.2 Å². The van der Waals surface area contributed by atoms with Crippen LogP contribution in [0.5, 0.6) is 0 Å². The van der Waals surface area contributed by atoms with Crippen molar-refractivity contribution < 1.29 is 41.8 Å². The SMILES string of the molecule is CNC(=O)c1ccc(C)c(-c2ccc(C[C@H](NC(=O)[C@H]3CC[C@H](CN)CC3)C(=O)Nc3ccc(-c4nnc(C(F)(F)C(F)(F)C(=O)O)[nH]4)cc3)cc2)c1. The standard InChI is InChI=1S/C37H39F4N7O5/c1-20-3-8-26(31(49)43-2)18-28(20)23-9-4-21(5-10-23)17-29(45-32(50)25-11-6-22(19-42)7-12-25)33(51)44-27-15-13-24(14-16-27)30-46-34(48-47-30)36(38,39)37(40,41)35(52)53/h3-5,8-10,13-16,18,22,25,29H,6-7,11-12,17,19,42H2,1-2H3,(H,43,49)(H,44,51)(H,45,50)(H,52,53)(H,46,47,48)/t22-,25-,29-/m0/s1. The van der Waals surface area contributed by atoms with E-state index in [9.17, 15) is 36.7 Å². The van der Waals surface area contributed by atoms with Crippen LogP contribution in [0.3, 0.4) is 0 Å². The lowest BCUT2D eigenvalue weighted by molar-refractivity contribution is -0.231. The van der Waals surface area contributed by atoms with Crippen LogP contribution in [0.2, 0.25) is 0 Å². The number of nitrogens with one attached hydrogen (secondary N) is 4. The Bertz CT molecular complexity index is 1960. The lowest BCUT2D eigenvalue weighted by Gasteiger charge is -2.28. The number of hydrogen-bond acceptors (Lipinski definition) is 7. The van der Waals surface area contributed by atoms with Crippen molar-refractivity contribution in [3.63, 3.8) is 0 Å². The second-order valence-electron chi connectivity index (χ2n) is 13.1. The summed E-state index contributed by atoms with van der Waals surface area (Å²) >= 11 is 0. The predicted molar refractivity (Wildman–Crippen MR) is 187 cm³/mol. The summed E-state index contributed by atoms with van der Waals surface area (Å²) in [7, 11) is 1.56. The Kier molecular flexibility index (Phi) is 11.6. The molecule has 1 saturated carbocycles. The molecule has 0 spiro atoms. The van der Waals surface area contributed by atoms with Gasteiger partial charge in [-0.2, -0.15) is 17.6 Å². The van der Waals surface area contributed by atoms with E-state index in [1.54, 1.807) is 19.2 Å². The van der Waals surface area contributed by atoms with Gasteiger partial charge in [0.25, 0.3) is 5.91 Å². The lowest BCUT2D eigenvalue weighted by atomic mass is 9.81. The van der Waals surface area contributed by atoms with Crippen LogP contribution in [-0.4, -0.2) is 69.5 Å². The third kappa shape index (κ3) is 8.54. The molecule has 280 valence electrons. The maximum atomic E-state index is 14.2. The number of carbonyl (C=O) groups is 4. The highest BCUT2D eigenvalue weighted by Gasteiger charge is 2.65. The van der Waals surface area contributed by atoms with Gasteiger partial charge in [0.15, 0.2) is 5.82 Å². The van der Waals surface area contributed by atoms with E-state index in [1.165, 1.54) is 24.3 Å². The molecule has 0 unspecified atom stereocenters. The summed E-state index contributed by atoms with van der Waals surface area (Å²) < 4.78 is 55.7. The summed E-state index contributed by atoms with van der Waals surface area (Å²) in [5.74, 6) is -16.5. The van der Waals surface area contributed by atoms with Gasteiger partial charge in [0.2, 0.25) is 17.6 Å². The predicted octanol–water partition coefficient (Wildman–Crippen LogP) is 5.05. The number of benzene rings is 3. The number of H-pyrrole nitrogens is 1. The highest BCUT2D eigenvalue weighted by molar-refractivity contribution is 5.98. The molecule has 1 aliphatic carbocycles. The summed E-state index contributed by atoms with van der Waals surface area (Å²) in [6.07, 6.45) is 3.06. The van der Waals surface area contributed by atoms with Crippen LogP contribution in [0.15, 0.2) is 66.7 Å². The molecule has 5 rings (SSSR count). The Morgan fingerprint density at radius 2 is 1.57 bits per heavy atom. The minimum Gasteiger partial charge on any atom is -0.477 e. The molecule has 1 fully saturated rings. The first-order valence-electron chi connectivity index (χ1n) is 16.9. The van der Waals surface area contributed by atoms with Gasteiger partial charge < -0.3 is 31.8 Å². The van der Waals surface area contributed by atoms with E-state index < -0.39 is 35.6 Å². The van der Waals surface area contributed by atoms with Crippen LogP contribution < -0.4 is 21.7 Å². The van der Waals surface area contributed by atoms with Gasteiger partial charge in [0.1, 0.15) is 6.04 Å². The number of alkyl halides is 4. The van der Waals surface area contributed by atoms with Crippen molar-refractivity contribution in [2.24, 2.45) is 17.6 Å². The molecular formula is C37H39F4N7O5. The Hall–Kier alpha value is -5.64. The van der Waals surface area contributed by atoms with Crippen molar-refractivity contribution in [1.29, 1.82) is 0 Å². The van der Waals surface area contributed by atoms with Crippen molar-refractivity contribution in [1.82, 2.24) is 25.8 Å². The molecule has 1 aromatic heterocycles. The number of aryl methyl sites for hydroxylation is 1. The van der Waals surface area contributed by atoms with E-state index in [2.05, 4.69) is 26.1 Å². The van der Waals surface area contributed by atoms with Crippen molar-refractivity contribution in [2.45, 2.75) is 56.9 Å². The normalized spacial score (nSPS) is 16.7. The monoisotopic (exact) mass is 737 g/mol. The van der Waals surface area contributed by atoms with Gasteiger partial charge in [0.05, 0.1) is 0 Å². The van der Waals surface area contributed by atoms with E-state index in [0.717, 1.165) is 35.1 Å². The maximum absolute atomic E-state index is 14.2. The lowest BCUT2D eigenvalue weighted by Crippen LogP contribution is -2.48. The molecule has 53 heavy (non-hydrogen) atoms. The number of amides is 3. The number of anilines is 1. The van der Waals surface area contributed by atoms with E-state index in [0.29, 0.717) is 30.9 Å². The molecule has 0 radical (unpaired) electrons. The Morgan fingerprint density at radius 1 is 0.925 bits per heavy atom. The third-order valence-corrected chi connectivity index (χ3v) is 9.49. The number of aromatic nitrogens is 3. The van der Waals surface area contributed by atoms with Crippen LogP contribution in [0.4, 0.5) is 23.2 Å². The largest absolute Gasteiger partial charge is 0.477 e. The second-order valence-corrected chi connectivity index (χ2v) is 13.1. The van der Waals surface area contributed by atoms with E-state index in [4.69, 9.17) is 10.8 Å². The zero-order valence-electron chi connectivity index (χ0n) is 28.9. The van der Waals surface area contributed by atoms with Crippen LogP contribution >= 0.6 is 0 Å². The van der Waals surface area contributed by atoms with Crippen molar-refractivity contribution in [3.05, 3.63) is 89.2 Å². The molecule has 7 N–H and O–H groups in total. The van der Waals surface area contributed by atoms with Crippen molar-refractivity contribution in [3.8, 4) is 22.5 Å². The molecule has 1 atom stereocenters. The summed E-state index contributed by atoms with van der Waals surface area (Å²) in [5.41, 5.74) is 10.2. The molecule has 4 aromatic rings. The molecule has 1 aliphatic rings. The fraction of sp³-hybridized carbons (Fsp3) is 0.351. The number of aromatic amines is 1. The molecule has 0 saturated heterocycles. The fourth-order valence-electron chi connectivity index (χ4n) is 6.19. The highest BCUT2D eigenvalue weighted by atomic mass is 19.3. The summed E-state index contributed by atoms with van der Waals surface area (Å²) in [5, 5.41) is 23.3. The smallest absolute Gasteiger partial charge is 0.411 e. The Labute approximate surface area is 302 Å². The van der Waals surface area contributed by atoms with Gasteiger partial charge in [-0.25, -0.2) is 4.79 Å². The quantitative estimate of drug-likeness (QED) is 0.103. The minimum atomic E-state index is -5.44.